The second kappa shape index (κ2) is 7.43. The summed E-state index contributed by atoms with van der Waals surface area (Å²) in [6.45, 7) is 5.37. The summed E-state index contributed by atoms with van der Waals surface area (Å²) in [6.07, 6.45) is 5.15. The second-order valence-corrected chi connectivity index (χ2v) is 7.92. The minimum atomic E-state index is -0.377. The van der Waals surface area contributed by atoms with Crippen molar-refractivity contribution in [3.05, 3.63) is 47.6 Å². The van der Waals surface area contributed by atoms with E-state index in [0.717, 1.165) is 32.2 Å². The largest absolute Gasteiger partial charge is 0.348 e. The van der Waals surface area contributed by atoms with E-state index < -0.39 is 0 Å². The van der Waals surface area contributed by atoms with Gasteiger partial charge in [-0.05, 0) is 44.2 Å². The van der Waals surface area contributed by atoms with Gasteiger partial charge in [0.1, 0.15) is 0 Å². The molecule has 2 aliphatic heterocycles. The molecule has 3 heterocycles. The third-order valence-electron chi connectivity index (χ3n) is 6.15. The van der Waals surface area contributed by atoms with Crippen LogP contribution in [0, 0.1) is 12.3 Å². The van der Waals surface area contributed by atoms with Gasteiger partial charge in [-0.3, -0.25) is 9.69 Å². The number of fused-ring (bicyclic) bond motifs is 2. The fourth-order valence-corrected chi connectivity index (χ4v) is 5.13. The zero-order chi connectivity index (χ0) is 18.9. The molecule has 1 N–H and O–H groups in total. The fourth-order valence-electron chi connectivity index (χ4n) is 5.13. The Hall–Kier alpha value is -2.21. The van der Waals surface area contributed by atoms with Gasteiger partial charge < -0.3 is 9.84 Å². The summed E-state index contributed by atoms with van der Waals surface area (Å²) in [7, 11) is 0. The van der Waals surface area contributed by atoms with Crippen molar-refractivity contribution in [3.8, 4) is 0 Å². The molecule has 2 aliphatic rings. The Morgan fingerprint density at radius 3 is 2.85 bits per heavy atom. The number of carbonyl (C=O) groups excluding carboxylic acids is 1. The predicted octanol–water partition coefficient (Wildman–Crippen LogP) is 2.87. The summed E-state index contributed by atoms with van der Waals surface area (Å²) in [5.74, 6) is 1.18. The SMILES string of the molecule is CCCN1[C@H]2CC[C@@H]1[C@](Cc1ccccc1)(C(=O)NCc1noc(C)n1)C2. The number of aromatic nitrogens is 2. The number of amides is 1. The van der Waals surface area contributed by atoms with Crippen molar-refractivity contribution in [2.24, 2.45) is 5.41 Å². The van der Waals surface area contributed by atoms with Crippen LogP contribution in [0.4, 0.5) is 0 Å². The predicted molar refractivity (Wildman–Crippen MR) is 102 cm³/mol. The van der Waals surface area contributed by atoms with E-state index in [4.69, 9.17) is 4.52 Å². The van der Waals surface area contributed by atoms with Gasteiger partial charge >= 0.3 is 0 Å². The molecule has 144 valence electrons. The minimum absolute atomic E-state index is 0.127. The standard InChI is InChI=1S/C21H28N4O2/c1-3-11-25-17-9-10-18(25)21(13-17,12-16-7-5-4-6-8-16)20(26)22-14-19-23-15(2)27-24-19/h4-8,17-18H,3,9-14H2,1-2H3,(H,22,26)/t17-,18+,21+/m0/s1. The first-order valence-electron chi connectivity index (χ1n) is 9.99. The molecule has 0 radical (unpaired) electrons. The maximum Gasteiger partial charge on any atom is 0.228 e. The summed E-state index contributed by atoms with van der Waals surface area (Å²) >= 11 is 0. The monoisotopic (exact) mass is 368 g/mol. The number of hydrogen-bond acceptors (Lipinski definition) is 5. The molecule has 1 aromatic carbocycles. The minimum Gasteiger partial charge on any atom is -0.348 e. The molecule has 1 amide bonds. The normalized spacial score (nSPS) is 27.2. The van der Waals surface area contributed by atoms with E-state index in [1.165, 1.54) is 12.0 Å². The number of nitrogens with zero attached hydrogens (tertiary/aromatic N) is 3. The van der Waals surface area contributed by atoms with Crippen LogP contribution in [-0.2, 0) is 17.8 Å². The van der Waals surface area contributed by atoms with E-state index in [0.29, 0.717) is 30.3 Å². The van der Waals surface area contributed by atoms with Crippen LogP contribution in [0.1, 0.15) is 49.9 Å². The fraction of sp³-hybridized carbons (Fsp3) is 0.571. The highest BCUT2D eigenvalue weighted by molar-refractivity contribution is 5.84. The summed E-state index contributed by atoms with van der Waals surface area (Å²) in [5.41, 5.74) is 0.852. The Labute approximate surface area is 160 Å². The smallest absolute Gasteiger partial charge is 0.228 e. The number of hydrogen-bond donors (Lipinski definition) is 1. The van der Waals surface area contributed by atoms with Crippen LogP contribution in [0.25, 0.3) is 0 Å². The maximum atomic E-state index is 13.5. The third-order valence-corrected chi connectivity index (χ3v) is 6.15. The number of benzene rings is 1. The lowest BCUT2D eigenvalue weighted by Gasteiger charge is -2.36. The van der Waals surface area contributed by atoms with Crippen LogP contribution in [0.3, 0.4) is 0 Å². The van der Waals surface area contributed by atoms with Crippen molar-refractivity contribution in [1.82, 2.24) is 20.4 Å². The lowest BCUT2D eigenvalue weighted by Crippen LogP contribution is -2.50. The molecular weight excluding hydrogens is 340 g/mol. The average molecular weight is 368 g/mol. The van der Waals surface area contributed by atoms with E-state index in [2.05, 4.69) is 51.5 Å². The Bertz CT molecular complexity index is 790. The molecule has 0 spiro atoms. The van der Waals surface area contributed by atoms with Crippen molar-refractivity contribution < 1.29 is 9.32 Å². The quantitative estimate of drug-likeness (QED) is 0.814. The molecule has 2 fully saturated rings. The maximum absolute atomic E-state index is 13.5. The topological polar surface area (TPSA) is 71.3 Å². The van der Waals surface area contributed by atoms with E-state index in [1.807, 2.05) is 6.07 Å². The van der Waals surface area contributed by atoms with Gasteiger partial charge in [-0.25, -0.2) is 0 Å². The third kappa shape index (κ3) is 3.38. The molecule has 6 nitrogen and oxygen atoms in total. The molecule has 0 unspecified atom stereocenters. The van der Waals surface area contributed by atoms with Crippen LogP contribution in [0.15, 0.2) is 34.9 Å². The molecule has 2 aromatic rings. The van der Waals surface area contributed by atoms with Gasteiger partial charge in [-0.2, -0.15) is 4.98 Å². The average Bonchev–Trinajstić information content (AvgIpc) is 3.35. The highest BCUT2D eigenvalue weighted by Gasteiger charge is 2.59. The molecule has 3 atom stereocenters. The van der Waals surface area contributed by atoms with Gasteiger partial charge in [0, 0.05) is 19.0 Å². The number of aryl methyl sites for hydroxylation is 1. The van der Waals surface area contributed by atoms with Crippen LogP contribution >= 0.6 is 0 Å². The second-order valence-electron chi connectivity index (χ2n) is 7.92. The molecular formula is C21H28N4O2. The van der Waals surface area contributed by atoms with Crippen LogP contribution in [0.5, 0.6) is 0 Å². The zero-order valence-electron chi connectivity index (χ0n) is 16.1. The zero-order valence-corrected chi connectivity index (χ0v) is 16.1. The lowest BCUT2D eigenvalue weighted by molar-refractivity contribution is -0.133. The summed E-state index contributed by atoms with van der Waals surface area (Å²) < 4.78 is 5.02. The first kappa shape index (κ1) is 18.2. The molecule has 6 heteroatoms. The summed E-state index contributed by atoms with van der Waals surface area (Å²) in [6, 6.07) is 11.2. The molecule has 0 aliphatic carbocycles. The van der Waals surface area contributed by atoms with Crippen LogP contribution in [0.2, 0.25) is 0 Å². The first-order chi connectivity index (χ1) is 13.1. The van der Waals surface area contributed by atoms with Gasteiger partial charge in [0.2, 0.25) is 11.8 Å². The van der Waals surface area contributed by atoms with Gasteiger partial charge in [-0.15, -0.1) is 0 Å². The van der Waals surface area contributed by atoms with Gasteiger partial charge in [-0.1, -0.05) is 42.4 Å². The molecule has 1 aromatic heterocycles. The molecule has 2 bridgehead atoms. The number of rotatable bonds is 7. The van der Waals surface area contributed by atoms with Gasteiger partial charge in [0.15, 0.2) is 5.82 Å². The number of carbonyl (C=O) groups is 1. The van der Waals surface area contributed by atoms with Crippen molar-refractivity contribution in [3.63, 3.8) is 0 Å². The van der Waals surface area contributed by atoms with E-state index in [-0.39, 0.29) is 11.3 Å². The van der Waals surface area contributed by atoms with Crippen LogP contribution < -0.4 is 5.32 Å². The van der Waals surface area contributed by atoms with Crippen molar-refractivity contribution in [2.45, 2.75) is 64.6 Å². The Morgan fingerprint density at radius 1 is 1.33 bits per heavy atom. The van der Waals surface area contributed by atoms with Crippen molar-refractivity contribution >= 4 is 5.91 Å². The highest BCUT2D eigenvalue weighted by Crippen LogP contribution is 2.51. The van der Waals surface area contributed by atoms with E-state index in [9.17, 15) is 4.79 Å². The highest BCUT2D eigenvalue weighted by atomic mass is 16.5. The summed E-state index contributed by atoms with van der Waals surface area (Å²) in [4.78, 5) is 20.3. The van der Waals surface area contributed by atoms with Gasteiger partial charge in [0.25, 0.3) is 0 Å². The van der Waals surface area contributed by atoms with E-state index >= 15 is 0 Å². The molecule has 0 saturated carbocycles. The van der Waals surface area contributed by atoms with Crippen LogP contribution in [-0.4, -0.2) is 39.6 Å². The summed E-state index contributed by atoms with van der Waals surface area (Å²) in [5, 5.41) is 7.01. The Balaban J connectivity index is 1.57. The van der Waals surface area contributed by atoms with Crippen molar-refractivity contribution in [2.75, 3.05) is 6.54 Å². The Morgan fingerprint density at radius 2 is 2.15 bits per heavy atom. The van der Waals surface area contributed by atoms with Gasteiger partial charge in [0.05, 0.1) is 12.0 Å². The Kier molecular flexibility index (Phi) is 5.00. The number of nitrogens with one attached hydrogen (secondary N) is 1. The first-order valence-corrected chi connectivity index (χ1v) is 9.99. The molecule has 2 saturated heterocycles. The van der Waals surface area contributed by atoms with E-state index in [1.54, 1.807) is 6.92 Å². The molecule has 27 heavy (non-hydrogen) atoms. The molecule has 4 rings (SSSR count). The van der Waals surface area contributed by atoms with Crippen molar-refractivity contribution in [1.29, 1.82) is 0 Å². The lowest BCUT2D eigenvalue weighted by atomic mass is 9.69.